The Labute approximate surface area is 190 Å². The van der Waals surface area contributed by atoms with Crippen LogP contribution in [0.25, 0.3) is 0 Å². The minimum Gasteiger partial charge on any atom is -0.375 e. The molecule has 0 bridgehead atoms. The summed E-state index contributed by atoms with van der Waals surface area (Å²) in [7, 11) is 4.24. The number of hydrogen-bond donors (Lipinski definition) is 2. The number of halogens is 1. The summed E-state index contributed by atoms with van der Waals surface area (Å²) >= 11 is 4.83. The molecule has 0 unspecified atom stereocenters. The van der Waals surface area contributed by atoms with Gasteiger partial charge in [0, 0.05) is 43.5 Å². The van der Waals surface area contributed by atoms with Gasteiger partial charge in [-0.1, -0.05) is 19.3 Å². The zero-order valence-electron chi connectivity index (χ0n) is 18.7. The van der Waals surface area contributed by atoms with Crippen molar-refractivity contribution in [2.24, 2.45) is 22.7 Å². The number of rotatable bonds is 5. The van der Waals surface area contributed by atoms with Crippen LogP contribution < -0.4 is 21.0 Å². The monoisotopic (exact) mass is 446 g/mol. The van der Waals surface area contributed by atoms with Crippen LogP contribution in [0.3, 0.4) is 0 Å². The van der Waals surface area contributed by atoms with Gasteiger partial charge in [0.05, 0.1) is 11.9 Å². The van der Waals surface area contributed by atoms with Crippen molar-refractivity contribution in [3.05, 3.63) is 23.5 Å². The van der Waals surface area contributed by atoms with Gasteiger partial charge in [0.1, 0.15) is 5.82 Å². The summed E-state index contributed by atoms with van der Waals surface area (Å²) in [6.45, 7) is 3.78. The van der Waals surface area contributed by atoms with Gasteiger partial charge >= 0.3 is 0 Å². The van der Waals surface area contributed by atoms with Crippen LogP contribution in [0.15, 0.2) is 17.2 Å². The van der Waals surface area contributed by atoms with E-state index in [0.29, 0.717) is 12.0 Å². The van der Waals surface area contributed by atoms with Gasteiger partial charge in [-0.05, 0) is 69.5 Å². The zero-order valence-corrected chi connectivity index (χ0v) is 19.5. The van der Waals surface area contributed by atoms with Crippen LogP contribution >= 0.6 is 12.2 Å². The third-order valence-electron chi connectivity index (χ3n) is 7.34. The SMILES string of the molecule is CN(C)[C@@H]1CCN(c2cc(N3CC[C@@H]4CCCC[C@@H]4C3)c(F)cc2/C=N/NC(N)=S)C1. The Bertz CT molecular complexity index is 829. The van der Waals surface area contributed by atoms with Crippen LogP contribution in [-0.4, -0.2) is 62.5 Å². The van der Waals surface area contributed by atoms with E-state index in [1.54, 1.807) is 12.3 Å². The van der Waals surface area contributed by atoms with Gasteiger partial charge in [0.2, 0.25) is 0 Å². The molecule has 1 aliphatic carbocycles. The Kier molecular flexibility index (Phi) is 6.96. The maximum atomic E-state index is 15.3. The first kappa shape index (κ1) is 22.3. The van der Waals surface area contributed by atoms with E-state index in [4.69, 9.17) is 18.0 Å². The van der Waals surface area contributed by atoms with Crippen LogP contribution in [-0.2, 0) is 0 Å². The molecule has 0 aromatic heterocycles. The molecule has 3 atom stereocenters. The largest absolute Gasteiger partial charge is 0.375 e. The number of thiocarbonyl (C=S) groups is 1. The maximum absolute atomic E-state index is 15.3. The van der Waals surface area contributed by atoms with Gasteiger partial charge in [-0.25, -0.2) is 4.39 Å². The summed E-state index contributed by atoms with van der Waals surface area (Å²) < 4.78 is 15.3. The average molecular weight is 447 g/mol. The van der Waals surface area contributed by atoms with Gasteiger partial charge in [0.25, 0.3) is 0 Å². The van der Waals surface area contributed by atoms with Crippen molar-refractivity contribution in [1.29, 1.82) is 0 Å². The highest BCUT2D eigenvalue weighted by atomic mass is 32.1. The van der Waals surface area contributed by atoms with Gasteiger partial charge < -0.3 is 20.4 Å². The second kappa shape index (κ2) is 9.69. The van der Waals surface area contributed by atoms with Gasteiger partial charge in [0.15, 0.2) is 5.11 Å². The predicted molar refractivity (Wildman–Crippen MR) is 130 cm³/mol. The Morgan fingerprint density at radius 2 is 1.81 bits per heavy atom. The lowest BCUT2D eigenvalue weighted by Crippen LogP contribution is -2.42. The molecule has 1 aromatic carbocycles. The lowest BCUT2D eigenvalue weighted by atomic mass is 9.75. The molecule has 4 rings (SSSR count). The van der Waals surface area contributed by atoms with E-state index < -0.39 is 0 Å². The van der Waals surface area contributed by atoms with Gasteiger partial charge in [-0.3, -0.25) is 5.43 Å². The van der Waals surface area contributed by atoms with Crippen molar-refractivity contribution in [2.75, 3.05) is 50.1 Å². The molecule has 31 heavy (non-hydrogen) atoms. The molecule has 2 heterocycles. The summed E-state index contributed by atoms with van der Waals surface area (Å²) in [4.78, 5) is 6.89. The fraction of sp³-hybridized carbons (Fsp3) is 0.652. The van der Waals surface area contributed by atoms with E-state index in [1.807, 2.05) is 6.07 Å². The molecule has 3 N–H and O–H groups in total. The molecule has 3 fully saturated rings. The number of benzene rings is 1. The molecule has 6 nitrogen and oxygen atoms in total. The first-order valence-electron chi connectivity index (χ1n) is 11.5. The number of nitrogens with one attached hydrogen (secondary N) is 1. The fourth-order valence-electron chi connectivity index (χ4n) is 5.55. The molecule has 2 saturated heterocycles. The number of hydrazone groups is 1. The van der Waals surface area contributed by atoms with Crippen LogP contribution in [0, 0.1) is 17.7 Å². The molecule has 1 aromatic rings. The molecule has 170 valence electrons. The third kappa shape index (κ3) is 5.12. The molecule has 0 radical (unpaired) electrons. The van der Waals surface area contributed by atoms with Crippen LogP contribution in [0.1, 0.15) is 44.1 Å². The number of piperidine rings is 1. The highest BCUT2D eigenvalue weighted by Gasteiger charge is 2.33. The number of likely N-dealkylation sites (N-methyl/N-ethyl adjacent to an activating group) is 1. The molecule has 3 aliphatic rings. The molecular weight excluding hydrogens is 411 g/mol. The van der Waals surface area contributed by atoms with Crippen LogP contribution in [0.4, 0.5) is 15.8 Å². The second-order valence-electron chi connectivity index (χ2n) is 9.49. The van der Waals surface area contributed by atoms with Gasteiger partial charge in [-0.2, -0.15) is 5.10 Å². The van der Waals surface area contributed by atoms with Crippen molar-refractivity contribution in [3.8, 4) is 0 Å². The summed E-state index contributed by atoms with van der Waals surface area (Å²) in [5, 5.41) is 4.20. The van der Waals surface area contributed by atoms with E-state index in [0.717, 1.165) is 55.5 Å². The smallest absolute Gasteiger partial charge is 0.184 e. The molecule has 8 heteroatoms. The number of nitrogens with zero attached hydrogens (tertiary/aromatic N) is 4. The standard InChI is InChI=1S/C23H35FN6S/c1-28(2)19-8-10-30(15-19)21-12-22(20(24)11-18(21)13-26-27-23(25)31)29-9-7-16-5-3-4-6-17(16)14-29/h11-13,16-17,19H,3-10,14-15H2,1-2H3,(H3,25,27,31)/b26-13+/t16-,17+,19+/m0/s1. The Morgan fingerprint density at radius 3 is 2.52 bits per heavy atom. The molecule has 0 spiro atoms. The Morgan fingerprint density at radius 1 is 1.10 bits per heavy atom. The van der Waals surface area contributed by atoms with Gasteiger partial charge in [-0.15, -0.1) is 0 Å². The van der Waals surface area contributed by atoms with E-state index in [2.05, 4.69) is 39.3 Å². The minimum absolute atomic E-state index is 0.0964. The second-order valence-corrected chi connectivity index (χ2v) is 9.93. The van der Waals surface area contributed by atoms with E-state index in [1.165, 1.54) is 32.1 Å². The van der Waals surface area contributed by atoms with E-state index in [-0.39, 0.29) is 10.9 Å². The number of nitrogens with two attached hydrogens (primary N) is 1. The molecule has 2 aliphatic heterocycles. The quantitative estimate of drug-likeness (QED) is 0.412. The lowest BCUT2D eigenvalue weighted by Gasteiger charge is -2.42. The summed E-state index contributed by atoms with van der Waals surface area (Å²) in [5.74, 6) is 1.34. The summed E-state index contributed by atoms with van der Waals surface area (Å²) in [6.07, 6.45) is 9.18. The topological polar surface area (TPSA) is 60.1 Å². The van der Waals surface area contributed by atoms with Crippen LogP contribution in [0.2, 0.25) is 0 Å². The van der Waals surface area contributed by atoms with Crippen LogP contribution in [0.5, 0.6) is 0 Å². The summed E-state index contributed by atoms with van der Waals surface area (Å²) in [6, 6.07) is 4.15. The number of anilines is 2. The first-order valence-corrected chi connectivity index (χ1v) is 11.9. The minimum atomic E-state index is -0.182. The first-order chi connectivity index (χ1) is 14.9. The van der Waals surface area contributed by atoms with Crippen molar-refractivity contribution in [2.45, 2.75) is 44.6 Å². The molecular formula is C23H35FN6S. The Balaban J connectivity index is 1.62. The number of fused-ring (bicyclic) bond motifs is 1. The van der Waals surface area contributed by atoms with E-state index >= 15 is 4.39 Å². The molecule has 0 amide bonds. The zero-order chi connectivity index (χ0) is 22.0. The predicted octanol–water partition coefficient (Wildman–Crippen LogP) is 3.15. The molecule has 1 saturated carbocycles. The fourth-order valence-corrected chi connectivity index (χ4v) is 5.61. The highest BCUT2D eigenvalue weighted by Crippen LogP contribution is 2.39. The maximum Gasteiger partial charge on any atom is 0.184 e. The Hall–Kier alpha value is -1.93. The van der Waals surface area contributed by atoms with Crippen molar-refractivity contribution in [3.63, 3.8) is 0 Å². The third-order valence-corrected chi connectivity index (χ3v) is 7.43. The summed E-state index contributed by atoms with van der Waals surface area (Å²) in [5.41, 5.74) is 10.6. The highest BCUT2D eigenvalue weighted by molar-refractivity contribution is 7.80. The normalized spacial score (nSPS) is 26.5. The lowest BCUT2D eigenvalue weighted by molar-refractivity contribution is 0.202. The van der Waals surface area contributed by atoms with Crippen molar-refractivity contribution >= 4 is 34.9 Å². The number of hydrogen-bond acceptors (Lipinski definition) is 5. The van der Waals surface area contributed by atoms with E-state index in [9.17, 15) is 0 Å². The van der Waals surface area contributed by atoms with Crippen molar-refractivity contribution in [1.82, 2.24) is 10.3 Å². The van der Waals surface area contributed by atoms with Crippen molar-refractivity contribution < 1.29 is 4.39 Å². The average Bonchev–Trinajstić information content (AvgIpc) is 3.24.